The number of pyridine rings is 1. The minimum absolute atomic E-state index is 0.478. The maximum absolute atomic E-state index is 4.80. The monoisotopic (exact) mass is 501 g/mol. The molecule has 2 heterocycles. The van der Waals surface area contributed by atoms with Gasteiger partial charge in [0.05, 0.1) is 5.69 Å². The Morgan fingerprint density at radius 1 is 0.784 bits per heavy atom. The van der Waals surface area contributed by atoms with Gasteiger partial charge in [-0.25, -0.2) is 0 Å². The summed E-state index contributed by atoms with van der Waals surface area (Å²) in [6, 6.07) is 29.5. The Hall–Kier alpha value is -3.23. The van der Waals surface area contributed by atoms with Crippen LogP contribution in [-0.2, 0) is 0 Å². The first-order chi connectivity index (χ1) is 18.1. The summed E-state index contributed by atoms with van der Waals surface area (Å²) in [7, 11) is 0. The zero-order valence-corrected chi connectivity index (χ0v) is 22.9. The van der Waals surface area contributed by atoms with Crippen molar-refractivity contribution in [2.24, 2.45) is 0 Å². The number of thiophene rings is 1. The van der Waals surface area contributed by atoms with Crippen molar-refractivity contribution >= 4 is 21.4 Å². The Kier molecular flexibility index (Phi) is 6.69. The van der Waals surface area contributed by atoms with Crippen LogP contribution in [0.3, 0.4) is 0 Å². The minimum atomic E-state index is 0.478. The van der Waals surface area contributed by atoms with Gasteiger partial charge in [0.2, 0.25) is 0 Å². The third kappa shape index (κ3) is 4.76. The lowest BCUT2D eigenvalue weighted by atomic mass is 9.83. The van der Waals surface area contributed by atoms with Gasteiger partial charge in [0.1, 0.15) is 0 Å². The molecule has 0 saturated heterocycles. The van der Waals surface area contributed by atoms with Crippen LogP contribution >= 0.6 is 11.3 Å². The first kappa shape index (κ1) is 24.1. The first-order valence-corrected chi connectivity index (χ1v) is 14.6. The molecule has 0 radical (unpaired) electrons. The maximum Gasteiger partial charge on any atom is 0.0705 e. The zero-order chi connectivity index (χ0) is 25.4. The summed E-state index contributed by atoms with van der Waals surface area (Å²) in [5.41, 5.74) is 10.4. The molecular formula is C35H35NS. The Morgan fingerprint density at radius 2 is 1.54 bits per heavy atom. The van der Waals surface area contributed by atoms with Crippen molar-refractivity contribution < 1.29 is 0 Å². The summed E-state index contributed by atoms with van der Waals surface area (Å²) in [5, 5.41) is 1.37. The van der Waals surface area contributed by atoms with Crippen LogP contribution < -0.4 is 0 Å². The van der Waals surface area contributed by atoms with Crippen molar-refractivity contribution in [2.75, 3.05) is 0 Å². The number of hydrogen-bond acceptors (Lipinski definition) is 2. The number of aromatic nitrogens is 1. The Morgan fingerprint density at radius 3 is 2.27 bits per heavy atom. The molecule has 1 nitrogen and oxygen atoms in total. The largest absolute Gasteiger partial charge is 0.256 e. The van der Waals surface area contributed by atoms with Crippen LogP contribution in [0.15, 0.2) is 85.1 Å². The summed E-state index contributed by atoms with van der Waals surface area (Å²) in [6.07, 6.45) is 8.76. The van der Waals surface area contributed by atoms with E-state index in [2.05, 4.69) is 99.6 Å². The van der Waals surface area contributed by atoms with E-state index < -0.39 is 0 Å². The van der Waals surface area contributed by atoms with Crippen molar-refractivity contribution in [3.63, 3.8) is 0 Å². The van der Waals surface area contributed by atoms with Gasteiger partial charge in [0.25, 0.3) is 0 Å². The predicted molar refractivity (Wildman–Crippen MR) is 161 cm³/mol. The van der Waals surface area contributed by atoms with E-state index in [1.54, 1.807) is 0 Å². The summed E-state index contributed by atoms with van der Waals surface area (Å²) in [4.78, 5) is 6.16. The lowest BCUT2D eigenvalue weighted by Crippen LogP contribution is -2.04. The second kappa shape index (κ2) is 10.3. The summed E-state index contributed by atoms with van der Waals surface area (Å²) < 4.78 is 1.33. The summed E-state index contributed by atoms with van der Waals surface area (Å²) in [6.45, 7) is 6.78. The molecule has 0 bridgehead atoms. The molecule has 0 amide bonds. The van der Waals surface area contributed by atoms with Crippen molar-refractivity contribution in [3.8, 4) is 32.8 Å². The average Bonchev–Trinajstić information content (AvgIpc) is 3.30. The normalized spacial score (nSPS) is 14.5. The highest BCUT2D eigenvalue weighted by molar-refractivity contribution is 7.22. The fourth-order valence-corrected chi connectivity index (χ4v) is 7.24. The molecule has 0 unspecified atom stereocenters. The second-order valence-corrected chi connectivity index (χ2v) is 12.0. The molecule has 6 rings (SSSR count). The molecule has 37 heavy (non-hydrogen) atoms. The van der Waals surface area contributed by atoms with Gasteiger partial charge in [-0.05, 0) is 89.2 Å². The lowest BCUT2D eigenvalue weighted by Gasteiger charge is -2.22. The topological polar surface area (TPSA) is 12.9 Å². The highest BCUT2D eigenvalue weighted by atomic mass is 32.1. The smallest absolute Gasteiger partial charge is 0.0705 e. The van der Waals surface area contributed by atoms with Crippen molar-refractivity contribution in [2.45, 2.75) is 64.7 Å². The SMILES string of the molecule is Cc1c(-c2ccccc2)sc2cc(-c3cc(C(C)C)ccn3)cc(-c3ccc(C4CCCCC4)cc3)c12. The first-order valence-electron chi connectivity index (χ1n) is 13.8. The highest BCUT2D eigenvalue weighted by Gasteiger charge is 2.19. The molecule has 0 N–H and O–H groups in total. The molecule has 0 atom stereocenters. The zero-order valence-electron chi connectivity index (χ0n) is 22.1. The number of nitrogens with zero attached hydrogens (tertiary/aromatic N) is 1. The van der Waals surface area contributed by atoms with Crippen LogP contribution in [0.4, 0.5) is 0 Å². The van der Waals surface area contributed by atoms with Gasteiger partial charge < -0.3 is 0 Å². The average molecular weight is 502 g/mol. The molecule has 1 saturated carbocycles. The van der Waals surface area contributed by atoms with E-state index >= 15 is 0 Å². The van der Waals surface area contributed by atoms with E-state index in [4.69, 9.17) is 4.98 Å². The molecule has 186 valence electrons. The molecule has 1 aliphatic carbocycles. The molecular weight excluding hydrogens is 466 g/mol. The van der Waals surface area contributed by atoms with Gasteiger partial charge in [-0.2, -0.15) is 0 Å². The number of hydrogen-bond donors (Lipinski definition) is 0. The van der Waals surface area contributed by atoms with Crippen LogP contribution in [0.2, 0.25) is 0 Å². The van der Waals surface area contributed by atoms with Gasteiger partial charge >= 0.3 is 0 Å². The van der Waals surface area contributed by atoms with Crippen LogP contribution in [0.25, 0.3) is 42.9 Å². The van der Waals surface area contributed by atoms with Crippen LogP contribution in [0, 0.1) is 6.92 Å². The van der Waals surface area contributed by atoms with E-state index in [0.29, 0.717) is 5.92 Å². The molecule has 1 fully saturated rings. The van der Waals surface area contributed by atoms with Gasteiger partial charge in [-0.1, -0.05) is 87.7 Å². The van der Waals surface area contributed by atoms with Crippen LogP contribution in [-0.4, -0.2) is 4.98 Å². The second-order valence-electron chi connectivity index (χ2n) is 10.9. The third-order valence-electron chi connectivity index (χ3n) is 8.11. The van der Waals surface area contributed by atoms with Gasteiger partial charge in [-0.3, -0.25) is 4.98 Å². The highest BCUT2D eigenvalue weighted by Crippen LogP contribution is 2.45. The minimum Gasteiger partial charge on any atom is -0.256 e. The number of benzene rings is 3. The number of aryl methyl sites for hydroxylation is 1. The number of rotatable bonds is 5. The summed E-state index contributed by atoms with van der Waals surface area (Å²) in [5.74, 6) is 1.20. The quantitative estimate of drug-likeness (QED) is 0.233. The number of fused-ring (bicyclic) bond motifs is 1. The molecule has 1 aliphatic rings. The van der Waals surface area contributed by atoms with E-state index in [1.165, 1.54) is 86.0 Å². The Balaban J connectivity index is 1.52. The fourth-order valence-electron chi connectivity index (χ4n) is 5.96. The van der Waals surface area contributed by atoms with Gasteiger partial charge in [0, 0.05) is 26.7 Å². The van der Waals surface area contributed by atoms with Gasteiger partial charge in [-0.15, -0.1) is 11.3 Å². The lowest BCUT2D eigenvalue weighted by molar-refractivity contribution is 0.443. The van der Waals surface area contributed by atoms with Crippen LogP contribution in [0.5, 0.6) is 0 Å². The van der Waals surface area contributed by atoms with E-state index in [9.17, 15) is 0 Å². The third-order valence-corrected chi connectivity index (χ3v) is 9.40. The molecule has 0 spiro atoms. The van der Waals surface area contributed by atoms with Crippen molar-refractivity contribution in [3.05, 3.63) is 102 Å². The van der Waals surface area contributed by atoms with E-state index in [-0.39, 0.29) is 0 Å². The Labute approximate surface area is 225 Å². The molecule has 5 aromatic rings. The van der Waals surface area contributed by atoms with E-state index in [1.807, 2.05) is 17.5 Å². The maximum atomic E-state index is 4.80. The van der Waals surface area contributed by atoms with Crippen LogP contribution in [0.1, 0.15) is 74.5 Å². The standard InChI is InChI=1S/C35H35NS/c1-23(2)29-18-19-36-32(21-29)30-20-31(27-16-14-26(15-17-27)25-10-6-4-7-11-25)34-24(3)35(37-33(34)22-30)28-12-8-5-9-13-28/h5,8-9,12-23,25H,4,6-7,10-11H2,1-3H3. The van der Waals surface area contributed by atoms with Gasteiger partial charge in [0.15, 0.2) is 0 Å². The van der Waals surface area contributed by atoms with Crippen molar-refractivity contribution in [1.82, 2.24) is 4.98 Å². The molecule has 3 aromatic carbocycles. The molecule has 0 aliphatic heterocycles. The predicted octanol–water partition coefficient (Wildman–Crippen LogP) is 10.8. The molecule has 2 heteroatoms. The summed E-state index contributed by atoms with van der Waals surface area (Å²) >= 11 is 1.90. The fraction of sp³-hybridized carbons (Fsp3) is 0.286. The Bertz CT molecular complexity index is 1520. The van der Waals surface area contributed by atoms with E-state index in [0.717, 1.165) is 11.6 Å². The molecule has 2 aromatic heterocycles. The van der Waals surface area contributed by atoms with Crippen molar-refractivity contribution in [1.29, 1.82) is 0 Å².